The summed E-state index contributed by atoms with van der Waals surface area (Å²) in [4.78, 5) is 23.5. The van der Waals surface area contributed by atoms with Gasteiger partial charge in [0.25, 0.3) is 0 Å². The van der Waals surface area contributed by atoms with Gasteiger partial charge in [-0.25, -0.2) is 0 Å². The summed E-state index contributed by atoms with van der Waals surface area (Å²) in [5.41, 5.74) is 2.10. The van der Waals surface area contributed by atoms with Crippen LogP contribution in [0, 0.1) is 0 Å². The minimum atomic E-state index is -0.264. The fourth-order valence-electron chi connectivity index (χ4n) is 2.98. The molecule has 4 rings (SSSR count). The van der Waals surface area contributed by atoms with Crippen LogP contribution in [-0.4, -0.2) is 11.6 Å². The third kappa shape index (κ3) is 11.1. The van der Waals surface area contributed by atoms with Gasteiger partial charge >= 0.3 is 25.8 Å². The molecule has 4 aromatic rings. The molecule has 0 aliphatic rings. The molecule has 0 aromatic heterocycles. The maximum absolute atomic E-state index is 11.8. The fourth-order valence-corrected chi connectivity index (χ4v) is 2.98. The minimum Gasteiger partial charge on any atom is -1.00 e. The second-order valence-corrected chi connectivity index (χ2v) is 7.21. The van der Waals surface area contributed by atoms with Gasteiger partial charge in [0.05, 0.1) is 0 Å². The van der Waals surface area contributed by atoms with Crippen LogP contribution in [0.3, 0.4) is 0 Å². The van der Waals surface area contributed by atoms with Gasteiger partial charge in [0, 0.05) is 11.1 Å². The first-order chi connectivity index (χ1) is 16.5. The summed E-state index contributed by atoms with van der Waals surface area (Å²) in [7, 11) is 0. The molecule has 0 saturated heterocycles. The summed E-state index contributed by atoms with van der Waals surface area (Å²) in [6.07, 6.45) is 2.26. The van der Waals surface area contributed by atoms with Crippen LogP contribution < -0.4 is 35.0 Å². The molecule has 0 amide bonds. The van der Waals surface area contributed by atoms with Crippen molar-refractivity contribution in [1.29, 1.82) is 0 Å². The topological polar surface area (TPSA) is 80.3 Å². The Labute approximate surface area is 248 Å². The molecule has 0 saturated carbocycles. The molecule has 0 spiro atoms. The van der Waals surface area contributed by atoms with Gasteiger partial charge in [0.15, 0.2) is 11.6 Å². The first-order valence-electron chi connectivity index (χ1n) is 10.6. The van der Waals surface area contributed by atoms with E-state index in [0.29, 0.717) is 22.3 Å². The first-order valence-corrected chi connectivity index (χ1v) is 10.6. The van der Waals surface area contributed by atoms with Crippen LogP contribution in [-0.2, 0) is 25.8 Å². The molecule has 0 radical (unpaired) electrons. The second-order valence-electron chi connectivity index (χ2n) is 7.21. The van der Waals surface area contributed by atoms with Gasteiger partial charge in [-0.2, -0.15) is 0 Å². The summed E-state index contributed by atoms with van der Waals surface area (Å²) in [5, 5.41) is 23.5. The van der Waals surface area contributed by atoms with Crippen molar-refractivity contribution in [2.75, 3.05) is 0 Å². The molecule has 0 fully saturated rings. The Kier molecular flexibility index (Phi) is 16.5. The standard InChI is InChI=1S/2C15H12O2.2ClH.Hf/c2*16-14(12-7-3-1-4-8-12)11-15(17)13-9-5-2-6-10-13;;;/h2*1-11,16H;2*1H;/q;;;;+4/p-4/b2*14-11-;;;. The zero-order chi connectivity index (χ0) is 24.2. The van der Waals surface area contributed by atoms with Crippen LogP contribution in [0.5, 0.6) is 0 Å². The van der Waals surface area contributed by atoms with Crippen LogP contribution in [0.1, 0.15) is 31.8 Å². The number of carbonyl (C=O) groups is 2. The second kappa shape index (κ2) is 18.1. The van der Waals surface area contributed by atoms with Crippen LogP contribution in [0.25, 0.3) is 11.5 Å². The van der Waals surface area contributed by atoms with E-state index in [0.717, 1.165) is 12.2 Å². The third-order valence-electron chi connectivity index (χ3n) is 4.76. The summed E-state index contributed by atoms with van der Waals surface area (Å²) < 4.78 is 0. The van der Waals surface area contributed by atoms with Gasteiger partial charge in [-0.1, -0.05) is 133 Å². The molecule has 4 aromatic carbocycles. The number of ketones is 2. The van der Waals surface area contributed by atoms with E-state index in [9.17, 15) is 19.8 Å². The molecule has 0 N–H and O–H groups in total. The summed E-state index contributed by atoms with van der Waals surface area (Å²) in [5.74, 6) is -1.06. The minimum absolute atomic E-state index is 0. The Morgan fingerprint density at radius 2 is 0.649 bits per heavy atom. The van der Waals surface area contributed by atoms with Crippen molar-refractivity contribution < 1.29 is 70.5 Å². The number of hydrogen-bond donors (Lipinski definition) is 0. The predicted octanol–water partition coefficient (Wildman–Crippen LogP) is -1.45. The Hall–Kier alpha value is -3.25. The fraction of sp³-hybridized carbons (Fsp3) is 0. The smallest absolute Gasteiger partial charge is 1.00 e. The van der Waals surface area contributed by atoms with E-state index < -0.39 is 0 Å². The molecule has 0 bridgehead atoms. The van der Waals surface area contributed by atoms with Crippen molar-refractivity contribution in [1.82, 2.24) is 0 Å². The van der Waals surface area contributed by atoms with Crippen LogP contribution in [0.2, 0.25) is 0 Å². The van der Waals surface area contributed by atoms with E-state index in [4.69, 9.17) is 0 Å². The van der Waals surface area contributed by atoms with E-state index >= 15 is 0 Å². The monoisotopic (exact) mass is 696 g/mol. The average molecular weight is 696 g/mol. The molecule has 4 nitrogen and oxygen atoms in total. The molecule has 0 aliphatic carbocycles. The maximum Gasteiger partial charge on any atom is 4.00 e. The van der Waals surface area contributed by atoms with E-state index in [1.807, 2.05) is 24.3 Å². The van der Waals surface area contributed by atoms with Crippen LogP contribution in [0.4, 0.5) is 0 Å². The number of halogens is 2. The Morgan fingerprint density at radius 1 is 0.432 bits per heavy atom. The Morgan fingerprint density at radius 3 is 0.892 bits per heavy atom. The molecular formula is C30H22Cl2HfO4. The number of carbonyl (C=O) groups excluding carboxylic acids is 2. The quantitative estimate of drug-likeness (QED) is 0.107. The van der Waals surface area contributed by atoms with E-state index in [1.165, 1.54) is 0 Å². The van der Waals surface area contributed by atoms with Crippen molar-refractivity contribution >= 4 is 23.1 Å². The zero-order valence-corrected chi connectivity index (χ0v) is 24.7. The normalized spacial score (nSPS) is 10.3. The molecule has 0 unspecified atom stereocenters. The largest absolute Gasteiger partial charge is 4.00 e. The van der Waals surface area contributed by atoms with Crippen molar-refractivity contribution in [3.05, 3.63) is 156 Å². The van der Waals surface area contributed by atoms with Crippen molar-refractivity contribution in [3.63, 3.8) is 0 Å². The van der Waals surface area contributed by atoms with Crippen LogP contribution >= 0.6 is 0 Å². The predicted molar refractivity (Wildman–Crippen MR) is 130 cm³/mol. The van der Waals surface area contributed by atoms with Crippen LogP contribution in [0.15, 0.2) is 133 Å². The molecular weight excluding hydrogens is 674 g/mol. The van der Waals surface area contributed by atoms with Crippen molar-refractivity contribution in [2.24, 2.45) is 0 Å². The maximum atomic E-state index is 11.8. The number of rotatable bonds is 6. The third-order valence-corrected chi connectivity index (χ3v) is 4.76. The number of hydrogen-bond acceptors (Lipinski definition) is 4. The van der Waals surface area contributed by atoms with Gasteiger partial charge in [0.2, 0.25) is 0 Å². The molecule has 7 heteroatoms. The average Bonchev–Trinajstić information content (AvgIpc) is 2.91. The van der Waals surface area contributed by atoms with Gasteiger partial charge < -0.3 is 35.0 Å². The molecule has 0 aliphatic heterocycles. The molecule has 184 valence electrons. The first kappa shape index (κ1) is 33.8. The van der Waals surface area contributed by atoms with E-state index in [-0.39, 0.29) is 73.7 Å². The van der Waals surface area contributed by atoms with Crippen molar-refractivity contribution in [3.8, 4) is 0 Å². The Bertz CT molecular complexity index is 1180. The molecule has 0 heterocycles. The van der Waals surface area contributed by atoms with Gasteiger partial charge in [-0.3, -0.25) is 9.59 Å². The Balaban J connectivity index is 0.000000648. The zero-order valence-electron chi connectivity index (χ0n) is 19.6. The number of benzene rings is 4. The van der Waals surface area contributed by atoms with Gasteiger partial charge in [0.1, 0.15) is 0 Å². The number of allylic oxidation sites excluding steroid dienone is 2. The summed E-state index contributed by atoms with van der Waals surface area (Å²) >= 11 is 0. The molecule has 0 atom stereocenters. The van der Waals surface area contributed by atoms with E-state index in [2.05, 4.69) is 0 Å². The summed E-state index contributed by atoms with van der Waals surface area (Å²) in [6, 6.07) is 35.0. The van der Waals surface area contributed by atoms with Crippen molar-refractivity contribution in [2.45, 2.75) is 0 Å². The van der Waals surface area contributed by atoms with Gasteiger partial charge in [-0.15, -0.1) is 0 Å². The summed E-state index contributed by atoms with van der Waals surface area (Å²) in [6.45, 7) is 0. The SMILES string of the molecule is O=C(/C=C(\[O-])c1ccccc1)c1ccccc1.O=C(/C=C(\[O-])c1ccccc1)c1ccccc1.[Cl-].[Cl-].[Hf+4]. The van der Waals surface area contributed by atoms with E-state index in [1.54, 1.807) is 97.1 Å². The van der Waals surface area contributed by atoms with Gasteiger partial charge in [-0.05, 0) is 23.3 Å². The molecule has 37 heavy (non-hydrogen) atoms.